The minimum Gasteiger partial charge on any atom is -0.480 e. The van der Waals surface area contributed by atoms with Gasteiger partial charge in [0.15, 0.2) is 0 Å². The number of amides is 1. The number of nitrogens with zero attached hydrogens (tertiary/aromatic N) is 2. The fourth-order valence-electron chi connectivity index (χ4n) is 3.09. The highest BCUT2D eigenvalue weighted by molar-refractivity contribution is 5.80. The normalized spacial score (nSPS) is 26.9. The van der Waals surface area contributed by atoms with Crippen LogP contribution in [0.15, 0.2) is 0 Å². The average molecular weight is 314 g/mol. The van der Waals surface area contributed by atoms with Crippen LogP contribution in [0.4, 0.5) is 0 Å². The number of piperidine rings is 1. The molecule has 2 aliphatic heterocycles. The van der Waals surface area contributed by atoms with Gasteiger partial charge in [0.2, 0.25) is 5.91 Å². The Morgan fingerprint density at radius 1 is 1.27 bits per heavy atom. The van der Waals surface area contributed by atoms with E-state index >= 15 is 0 Å². The van der Waals surface area contributed by atoms with Gasteiger partial charge < -0.3 is 19.8 Å². The van der Waals surface area contributed by atoms with Crippen molar-refractivity contribution in [2.75, 3.05) is 39.4 Å². The minimum atomic E-state index is -0.956. The molecule has 0 radical (unpaired) electrons. The molecule has 0 aliphatic carbocycles. The van der Waals surface area contributed by atoms with E-state index < -0.39 is 17.6 Å². The fourth-order valence-corrected chi connectivity index (χ4v) is 3.09. The van der Waals surface area contributed by atoms with E-state index in [1.54, 1.807) is 9.80 Å². The summed E-state index contributed by atoms with van der Waals surface area (Å²) in [6, 6.07) is -0.771. The molecule has 2 N–H and O–H groups in total. The van der Waals surface area contributed by atoms with Crippen LogP contribution in [0.3, 0.4) is 0 Å². The fraction of sp³-hybridized carbons (Fsp3) is 0.867. The number of aliphatic carboxylic acids is 1. The highest BCUT2D eigenvalue weighted by Gasteiger charge is 2.39. The topological polar surface area (TPSA) is 90.3 Å². The van der Waals surface area contributed by atoms with Crippen molar-refractivity contribution in [2.45, 2.75) is 38.3 Å². The number of hydrogen-bond donors (Lipinski definition) is 2. The number of aliphatic hydroxyl groups excluding tert-OH is 1. The molecule has 2 rings (SSSR count). The summed E-state index contributed by atoms with van der Waals surface area (Å²) in [5.74, 6) is -0.722. The molecule has 1 unspecified atom stereocenters. The van der Waals surface area contributed by atoms with Crippen LogP contribution in [-0.2, 0) is 14.3 Å². The predicted octanol–water partition coefficient (Wildman–Crippen LogP) is -0.219. The monoisotopic (exact) mass is 314 g/mol. The van der Waals surface area contributed by atoms with Crippen LogP contribution < -0.4 is 0 Å². The highest BCUT2D eigenvalue weighted by atomic mass is 16.5. The van der Waals surface area contributed by atoms with Crippen molar-refractivity contribution in [3.05, 3.63) is 0 Å². The van der Waals surface area contributed by atoms with Crippen LogP contribution in [0.25, 0.3) is 0 Å². The van der Waals surface area contributed by atoms with Crippen molar-refractivity contribution >= 4 is 11.9 Å². The molecule has 2 heterocycles. The molecule has 2 saturated heterocycles. The number of morpholine rings is 1. The Hall–Kier alpha value is -1.18. The molecule has 0 aromatic heterocycles. The van der Waals surface area contributed by atoms with Gasteiger partial charge in [-0.05, 0) is 32.6 Å². The van der Waals surface area contributed by atoms with Crippen molar-refractivity contribution < 1.29 is 24.5 Å². The molecule has 0 aromatic carbocycles. The molecule has 0 aromatic rings. The first-order valence-electron chi connectivity index (χ1n) is 7.82. The maximum Gasteiger partial charge on any atom is 0.323 e. The van der Waals surface area contributed by atoms with E-state index in [2.05, 4.69) is 0 Å². The molecule has 7 nitrogen and oxygen atoms in total. The first kappa shape index (κ1) is 17.2. The zero-order chi connectivity index (χ0) is 16.3. The van der Waals surface area contributed by atoms with Gasteiger partial charge in [-0.25, -0.2) is 0 Å². The lowest BCUT2D eigenvalue weighted by molar-refractivity contribution is -0.164. The van der Waals surface area contributed by atoms with E-state index in [-0.39, 0.29) is 31.6 Å². The molecule has 22 heavy (non-hydrogen) atoms. The molecule has 0 spiro atoms. The minimum absolute atomic E-state index is 0.0414. The number of likely N-dealkylation sites (tertiary alicyclic amines) is 1. The molecule has 126 valence electrons. The van der Waals surface area contributed by atoms with Crippen molar-refractivity contribution in [1.29, 1.82) is 0 Å². The predicted molar refractivity (Wildman–Crippen MR) is 79.4 cm³/mol. The van der Waals surface area contributed by atoms with Crippen molar-refractivity contribution in [1.82, 2.24) is 9.80 Å². The second-order valence-corrected chi connectivity index (χ2v) is 6.84. The molecular formula is C15H26N2O5. The van der Waals surface area contributed by atoms with Gasteiger partial charge in [0.25, 0.3) is 0 Å². The molecule has 1 amide bonds. The van der Waals surface area contributed by atoms with E-state index in [0.29, 0.717) is 19.6 Å². The van der Waals surface area contributed by atoms with E-state index in [4.69, 9.17) is 9.84 Å². The molecule has 1 atom stereocenters. The van der Waals surface area contributed by atoms with Crippen molar-refractivity contribution in [3.63, 3.8) is 0 Å². The summed E-state index contributed by atoms with van der Waals surface area (Å²) >= 11 is 0. The van der Waals surface area contributed by atoms with Gasteiger partial charge in [0.05, 0.1) is 18.8 Å². The van der Waals surface area contributed by atoms with E-state index in [1.165, 1.54) is 0 Å². The van der Waals surface area contributed by atoms with Crippen LogP contribution in [0.2, 0.25) is 0 Å². The smallest absolute Gasteiger partial charge is 0.323 e. The summed E-state index contributed by atoms with van der Waals surface area (Å²) in [5.41, 5.74) is -0.448. The Labute approximate surface area is 130 Å². The summed E-state index contributed by atoms with van der Waals surface area (Å²) in [4.78, 5) is 27.2. The Morgan fingerprint density at radius 3 is 2.45 bits per heavy atom. The summed E-state index contributed by atoms with van der Waals surface area (Å²) in [7, 11) is 0. The van der Waals surface area contributed by atoms with E-state index in [0.717, 1.165) is 12.8 Å². The molecule has 2 aliphatic rings. The van der Waals surface area contributed by atoms with Gasteiger partial charge in [-0.2, -0.15) is 0 Å². The van der Waals surface area contributed by atoms with Crippen LogP contribution in [0.1, 0.15) is 26.7 Å². The summed E-state index contributed by atoms with van der Waals surface area (Å²) in [6.45, 7) is 5.86. The summed E-state index contributed by atoms with van der Waals surface area (Å²) < 4.78 is 5.55. The number of hydrogen-bond acceptors (Lipinski definition) is 5. The van der Waals surface area contributed by atoms with Crippen LogP contribution in [0.5, 0.6) is 0 Å². The van der Waals surface area contributed by atoms with Gasteiger partial charge in [0, 0.05) is 26.2 Å². The Balaban J connectivity index is 1.94. The molecule has 7 heteroatoms. The Morgan fingerprint density at radius 2 is 1.91 bits per heavy atom. The number of carboxylic acids is 1. The first-order valence-corrected chi connectivity index (χ1v) is 7.82. The average Bonchev–Trinajstić information content (AvgIpc) is 2.46. The lowest BCUT2D eigenvalue weighted by atomic mass is 9.98. The lowest BCUT2D eigenvalue weighted by Gasteiger charge is -2.42. The number of ether oxygens (including phenoxy) is 1. The Kier molecular flexibility index (Phi) is 5.41. The van der Waals surface area contributed by atoms with E-state index in [1.807, 2.05) is 13.8 Å². The van der Waals surface area contributed by atoms with Crippen LogP contribution in [-0.4, -0.2) is 82.9 Å². The first-order chi connectivity index (χ1) is 10.3. The zero-order valence-electron chi connectivity index (χ0n) is 13.3. The van der Waals surface area contributed by atoms with E-state index in [9.17, 15) is 14.7 Å². The number of aliphatic hydroxyl groups is 1. The largest absolute Gasteiger partial charge is 0.480 e. The van der Waals surface area contributed by atoms with Gasteiger partial charge in [-0.3, -0.25) is 14.5 Å². The van der Waals surface area contributed by atoms with Gasteiger partial charge in [-0.15, -0.1) is 0 Å². The number of carbonyl (C=O) groups excluding carboxylic acids is 1. The number of carboxylic acid groups (broad SMARTS) is 1. The molecule has 2 fully saturated rings. The van der Waals surface area contributed by atoms with Gasteiger partial charge >= 0.3 is 5.97 Å². The standard InChI is InChI=1S/C15H26N2O5/c1-15(2)10-17(12(9-22-15)14(20)21)7-13(19)16-5-3-11(8-18)4-6-16/h11-12,18H,3-10H2,1-2H3,(H,20,21). The Bertz CT molecular complexity index is 418. The molecule has 0 saturated carbocycles. The third kappa shape index (κ3) is 4.18. The van der Waals surface area contributed by atoms with Crippen LogP contribution in [0, 0.1) is 5.92 Å². The van der Waals surface area contributed by atoms with Gasteiger partial charge in [-0.1, -0.05) is 0 Å². The third-order valence-electron chi connectivity index (χ3n) is 4.51. The number of rotatable bonds is 4. The van der Waals surface area contributed by atoms with Crippen molar-refractivity contribution in [3.8, 4) is 0 Å². The maximum atomic E-state index is 12.4. The van der Waals surface area contributed by atoms with Gasteiger partial charge in [0.1, 0.15) is 6.04 Å². The SMILES string of the molecule is CC1(C)CN(CC(=O)N2CCC(CO)CC2)C(C(=O)O)CO1. The third-order valence-corrected chi connectivity index (χ3v) is 4.51. The second kappa shape index (κ2) is 6.93. The maximum absolute atomic E-state index is 12.4. The summed E-state index contributed by atoms with van der Waals surface area (Å²) in [6.07, 6.45) is 1.61. The zero-order valence-corrected chi connectivity index (χ0v) is 13.3. The van der Waals surface area contributed by atoms with Crippen LogP contribution >= 0.6 is 0 Å². The molecule has 0 bridgehead atoms. The quantitative estimate of drug-likeness (QED) is 0.746. The summed E-state index contributed by atoms with van der Waals surface area (Å²) in [5, 5.41) is 18.4. The molecular weight excluding hydrogens is 288 g/mol. The highest BCUT2D eigenvalue weighted by Crippen LogP contribution is 2.22. The second-order valence-electron chi connectivity index (χ2n) is 6.84. The lowest BCUT2D eigenvalue weighted by Crippen LogP contribution is -2.59. The number of carbonyl (C=O) groups is 2. The van der Waals surface area contributed by atoms with Crippen molar-refractivity contribution in [2.24, 2.45) is 5.92 Å².